The summed E-state index contributed by atoms with van der Waals surface area (Å²) in [5, 5.41) is 26.8. The number of carbonyl (C=O) groups excluding carboxylic acids is 2. The number of amides is 2. The first-order valence-corrected chi connectivity index (χ1v) is 9.75. The number of carboxylic acid groups (broad SMARTS) is 1. The first-order chi connectivity index (χ1) is 14.5. The van der Waals surface area contributed by atoms with E-state index in [2.05, 4.69) is 32.7 Å². The third-order valence-electron chi connectivity index (χ3n) is 4.80. The van der Waals surface area contributed by atoms with E-state index in [0.717, 1.165) is 18.5 Å². The molecule has 3 atom stereocenters. The van der Waals surface area contributed by atoms with Crippen molar-refractivity contribution >= 4 is 18.3 Å². The van der Waals surface area contributed by atoms with Crippen LogP contribution < -0.4 is 10.6 Å². The molecule has 30 heavy (non-hydrogen) atoms. The molecule has 11 heteroatoms. The molecule has 3 rings (SSSR count). The molecule has 2 aromatic heterocycles. The maximum Gasteiger partial charge on any atom is 0.290 e. The monoisotopic (exact) mass is 421 g/mol. The van der Waals surface area contributed by atoms with Crippen molar-refractivity contribution in [2.45, 2.75) is 57.7 Å². The number of aliphatic hydroxyl groups excluding tert-OH is 1. The number of aliphatic hydroxyl groups is 1. The lowest BCUT2D eigenvalue weighted by atomic mass is 9.83. The van der Waals surface area contributed by atoms with Crippen LogP contribution in [0.3, 0.4) is 0 Å². The van der Waals surface area contributed by atoms with Gasteiger partial charge in [0.25, 0.3) is 12.4 Å². The maximum absolute atomic E-state index is 12.4. The number of imidazole rings is 1. The van der Waals surface area contributed by atoms with Crippen LogP contribution in [0, 0.1) is 5.92 Å². The smallest absolute Gasteiger partial charge is 0.290 e. The molecule has 0 aliphatic heterocycles. The number of aryl methyl sites for hydroxylation is 1. The molecule has 0 saturated heterocycles. The molecule has 1 aliphatic rings. The zero-order valence-corrected chi connectivity index (χ0v) is 16.7. The standard InChI is InChI=1S/C18H25N5O4.CH2O2/c1-2-3-12-7-13(27-23-12)8-20-17(25)11-4-5-14(16(24)6-11)22-18(26)15-9-19-10-21-15;2-1-3/h7,9-11,14,16,24H,2-6,8H2,1H3,(H,19,21)(H,20,25)(H,22,26);1H,(H,2,3)/t11-,14-,16-;/m0./s1. The zero-order chi connectivity index (χ0) is 21.9. The molecular formula is C19H27N5O6. The van der Waals surface area contributed by atoms with E-state index in [9.17, 15) is 14.7 Å². The molecule has 164 valence electrons. The van der Waals surface area contributed by atoms with Gasteiger partial charge in [0.2, 0.25) is 5.91 Å². The fourth-order valence-corrected chi connectivity index (χ4v) is 3.31. The van der Waals surface area contributed by atoms with Crippen molar-refractivity contribution in [2.75, 3.05) is 0 Å². The zero-order valence-electron chi connectivity index (χ0n) is 16.7. The van der Waals surface area contributed by atoms with Crippen LogP contribution in [0.4, 0.5) is 0 Å². The first kappa shape index (κ1) is 23.1. The van der Waals surface area contributed by atoms with E-state index in [0.29, 0.717) is 30.7 Å². The molecular weight excluding hydrogens is 394 g/mol. The predicted octanol–water partition coefficient (Wildman–Crippen LogP) is 0.627. The van der Waals surface area contributed by atoms with E-state index in [1.165, 1.54) is 12.5 Å². The van der Waals surface area contributed by atoms with Gasteiger partial charge in [-0.3, -0.25) is 14.4 Å². The van der Waals surface area contributed by atoms with Gasteiger partial charge in [0, 0.05) is 12.0 Å². The second kappa shape index (κ2) is 11.7. The Morgan fingerprint density at radius 1 is 1.40 bits per heavy atom. The van der Waals surface area contributed by atoms with Crippen LogP contribution in [0.5, 0.6) is 0 Å². The van der Waals surface area contributed by atoms with Crippen LogP contribution >= 0.6 is 0 Å². The van der Waals surface area contributed by atoms with Gasteiger partial charge in [0.05, 0.1) is 36.9 Å². The van der Waals surface area contributed by atoms with Crippen LogP contribution in [0.1, 0.15) is 54.5 Å². The van der Waals surface area contributed by atoms with Crippen LogP contribution in [-0.4, -0.2) is 55.8 Å². The summed E-state index contributed by atoms with van der Waals surface area (Å²) in [6.07, 6.45) is 5.33. The summed E-state index contributed by atoms with van der Waals surface area (Å²) in [5.41, 5.74) is 1.22. The van der Waals surface area contributed by atoms with Crippen molar-refractivity contribution in [1.29, 1.82) is 0 Å². The largest absolute Gasteiger partial charge is 0.483 e. The molecule has 1 aliphatic carbocycles. The molecule has 0 spiro atoms. The fraction of sp³-hybridized carbons (Fsp3) is 0.526. The summed E-state index contributed by atoms with van der Waals surface area (Å²) in [7, 11) is 0. The summed E-state index contributed by atoms with van der Waals surface area (Å²) in [5.74, 6) is -0.111. The van der Waals surface area contributed by atoms with Gasteiger partial charge in [-0.25, -0.2) is 4.98 Å². The van der Waals surface area contributed by atoms with Gasteiger partial charge in [-0.05, 0) is 25.7 Å². The van der Waals surface area contributed by atoms with Crippen molar-refractivity contribution in [3.05, 3.63) is 35.7 Å². The lowest BCUT2D eigenvalue weighted by Gasteiger charge is -2.32. The Morgan fingerprint density at radius 3 is 2.80 bits per heavy atom. The van der Waals surface area contributed by atoms with Crippen LogP contribution in [-0.2, 0) is 22.6 Å². The van der Waals surface area contributed by atoms with Gasteiger partial charge in [-0.15, -0.1) is 0 Å². The number of carbonyl (C=O) groups is 3. The molecule has 1 saturated carbocycles. The molecule has 5 N–H and O–H groups in total. The second-order valence-corrected chi connectivity index (χ2v) is 6.98. The van der Waals surface area contributed by atoms with E-state index in [-0.39, 0.29) is 36.8 Å². The van der Waals surface area contributed by atoms with Gasteiger partial charge in [0.1, 0.15) is 5.69 Å². The quantitative estimate of drug-likeness (QED) is 0.405. The molecule has 0 unspecified atom stereocenters. The van der Waals surface area contributed by atoms with Crippen LogP contribution in [0.2, 0.25) is 0 Å². The number of nitrogens with zero attached hydrogens (tertiary/aromatic N) is 2. The topological polar surface area (TPSA) is 170 Å². The molecule has 0 radical (unpaired) electrons. The number of H-pyrrole nitrogens is 1. The molecule has 2 heterocycles. The summed E-state index contributed by atoms with van der Waals surface area (Å²) in [6, 6.07) is 1.47. The van der Waals surface area contributed by atoms with Gasteiger partial charge in [-0.2, -0.15) is 0 Å². The van der Waals surface area contributed by atoms with E-state index < -0.39 is 6.10 Å². The number of nitrogens with one attached hydrogen (secondary N) is 3. The molecule has 11 nitrogen and oxygen atoms in total. The average molecular weight is 421 g/mol. The van der Waals surface area contributed by atoms with E-state index in [1.807, 2.05) is 6.07 Å². The third kappa shape index (κ3) is 6.69. The Labute approximate surface area is 173 Å². The van der Waals surface area contributed by atoms with Crippen LogP contribution in [0.25, 0.3) is 0 Å². The van der Waals surface area contributed by atoms with Gasteiger partial charge < -0.3 is 30.4 Å². The Bertz CT molecular complexity index is 806. The fourth-order valence-electron chi connectivity index (χ4n) is 3.31. The highest BCUT2D eigenvalue weighted by Gasteiger charge is 2.33. The molecule has 2 aromatic rings. The normalized spacial score (nSPS) is 20.5. The maximum atomic E-state index is 12.4. The first-order valence-electron chi connectivity index (χ1n) is 9.75. The summed E-state index contributed by atoms with van der Waals surface area (Å²) >= 11 is 0. The Kier molecular flexibility index (Phi) is 9.01. The Balaban J connectivity index is 0.00000101. The summed E-state index contributed by atoms with van der Waals surface area (Å²) < 4.78 is 5.20. The van der Waals surface area contributed by atoms with Crippen molar-refractivity contribution in [3.8, 4) is 0 Å². The lowest BCUT2D eigenvalue weighted by molar-refractivity contribution is -0.128. The minimum absolute atomic E-state index is 0.124. The molecule has 2 amide bonds. The van der Waals surface area contributed by atoms with Crippen molar-refractivity contribution in [3.63, 3.8) is 0 Å². The Morgan fingerprint density at radius 2 is 2.17 bits per heavy atom. The number of rotatable bonds is 7. The average Bonchev–Trinajstić information content (AvgIpc) is 3.41. The second-order valence-electron chi connectivity index (χ2n) is 6.98. The summed E-state index contributed by atoms with van der Waals surface area (Å²) in [6.45, 7) is 2.09. The highest BCUT2D eigenvalue weighted by Crippen LogP contribution is 2.25. The minimum Gasteiger partial charge on any atom is -0.483 e. The molecule has 0 aromatic carbocycles. The highest BCUT2D eigenvalue weighted by molar-refractivity contribution is 5.92. The molecule has 1 fully saturated rings. The molecule has 0 bridgehead atoms. The van der Waals surface area contributed by atoms with E-state index in [4.69, 9.17) is 14.4 Å². The Hall–Kier alpha value is -3.21. The highest BCUT2D eigenvalue weighted by atomic mass is 16.5. The predicted molar refractivity (Wildman–Crippen MR) is 104 cm³/mol. The minimum atomic E-state index is -0.775. The van der Waals surface area contributed by atoms with Crippen molar-refractivity contribution in [2.24, 2.45) is 5.92 Å². The lowest BCUT2D eigenvalue weighted by Crippen LogP contribution is -2.49. The van der Waals surface area contributed by atoms with Crippen LogP contribution in [0.15, 0.2) is 23.1 Å². The number of hydrogen-bond donors (Lipinski definition) is 5. The third-order valence-corrected chi connectivity index (χ3v) is 4.80. The number of hydrogen-bond acceptors (Lipinski definition) is 7. The van der Waals surface area contributed by atoms with Gasteiger partial charge >= 0.3 is 0 Å². The number of aromatic amines is 1. The number of aromatic nitrogens is 3. The van der Waals surface area contributed by atoms with Gasteiger partial charge in [0.15, 0.2) is 5.76 Å². The van der Waals surface area contributed by atoms with E-state index in [1.54, 1.807) is 0 Å². The SMILES string of the molecule is CCCc1cc(CNC(=O)[C@H]2CC[C@H](NC(=O)c3cnc[nH]3)[C@@H](O)C2)on1.O=CO. The van der Waals surface area contributed by atoms with Crippen molar-refractivity contribution in [1.82, 2.24) is 25.8 Å². The van der Waals surface area contributed by atoms with E-state index >= 15 is 0 Å². The summed E-state index contributed by atoms with van der Waals surface area (Å²) in [4.78, 5) is 39.3. The van der Waals surface area contributed by atoms with Gasteiger partial charge in [-0.1, -0.05) is 18.5 Å². The van der Waals surface area contributed by atoms with Crippen molar-refractivity contribution < 1.29 is 29.1 Å².